The number of aromatic nitrogens is 1. The van der Waals surface area contributed by atoms with E-state index in [2.05, 4.69) is 22.1 Å². The molecule has 1 atom stereocenters. The van der Waals surface area contributed by atoms with E-state index < -0.39 is 0 Å². The Bertz CT molecular complexity index is 700. The van der Waals surface area contributed by atoms with Crippen molar-refractivity contribution in [1.82, 2.24) is 4.98 Å². The molecule has 1 fully saturated rings. The fourth-order valence-electron chi connectivity index (χ4n) is 3.03. The average Bonchev–Trinajstić information content (AvgIpc) is 2.62. The van der Waals surface area contributed by atoms with Gasteiger partial charge in [0.15, 0.2) is 0 Å². The highest BCUT2D eigenvalue weighted by molar-refractivity contribution is 6.03. The van der Waals surface area contributed by atoms with Crippen molar-refractivity contribution in [2.24, 2.45) is 5.92 Å². The summed E-state index contributed by atoms with van der Waals surface area (Å²) in [6.07, 6.45) is 4.17. The lowest BCUT2D eigenvalue weighted by atomic mass is 10.00. The number of hydrogen-bond donors (Lipinski definition) is 1. The first-order valence-electron chi connectivity index (χ1n) is 8.32. The van der Waals surface area contributed by atoms with Gasteiger partial charge in [-0.3, -0.25) is 9.78 Å². The van der Waals surface area contributed by atoms with Crippen molar-refractivity contribution in [3.63, 3.8) is 0 Å². The zero-order valence-electron chi connectivity index (χ0n) is 14.2. The van der Waals surface area contributed by atoms with Crippen molar-refractivity contribution >= 4 is 17.3 Å². The number of hydrogen-bond acceptors (Lipinski definition) is 4. The molecule has 1 N–H and O–H groups in total. The molecular weight excluding hydrogens is 302 g/mol. The van der Waals surface area contributed by atoms with Gasteiger partial charge in [-0.25, -0.2) is 0 Å². The number of nitrogens with zero attached hydrogens (tertiary/aromatic N) is 2. The SMILES string of the molecule is COc1ccc(NC(=O)c2cc(N3CCCC(C)C3)ccn2)cc1. The van der Waals surface area contributed by atoms with Gasteiger partial charge in [-0.2, -0.15) is 0 Å². The molecule has 5 heteroatoms. The Kier molecular flexibility index (Phi) is 4.99. The second-order valence-corrected chi connectivity index (χ2v) is 6.28. The maximum atomic E-state index is 12.4. The summed E-state index contributed by atoms with van der Waals surface area (Å²) < 4.78 is 5.12. The van der Waals surface area contributed by atoms with Crippen LogP contribution in [0, 0.1) is 5.92 Å². The number of anilines is 2. The highest BCUT2D eigenvalue weighted by Gasteiger charge is 2.18. The van der Waals surface area contributed by atoms with Crippen molar-refractivity contribution in [3.8, 4) is 5.75 Å². The Morgan fingerprint density at radius 3 is 2.79 bits per heavy atom. The summed E-state index contributed by atoms with van der Waals surface area (Å²) in [5.74, 6) is 1.24. The monoisotopic (exact) mass is 325 g/mol. The van der Waals surface area contributed by atoms with E-state index >= 15 is 0 Å². The minimum Gasteiger partial charge on any atom is -0.497 e. The molecule has 24 heavy (non-hydrogen) atoms. The molecule has 0 aliphatic carbocycles. The third-order valence-corrected chi connectivity index (χ3v) is 4.35. The molecule has 3 rings (SSSR count). The molecule has 1 aliphatic rings. The lowest BCUT2D eigenvalue weighted by molar-refractivity contribution is 0.102. The van der Waals surface area contributed by atoms with Crippen molar-refractivity contribution in [3.05, 3.63) is 48.3 Å². The van der Waals surface area contributed by atoms with E-state index in [-0.39, 0.29) is 5.91 Å². The van der Waals surface area contributed by atoms with Crippen LogP contribution in [0.15, 0.2) is 42.6 Å². The number of piperidine rings is 1. The Labute approximate surface area is 142 Å². The molecule has 1 unspecified atom stereocenters. The normalized spacial score (nSPS) is 17.4. The molecule has 2 aromatic rings. The maximum Gasteiger partial charge on any atom is 0.274 e. The van der Waals surface area contributed by atoms with Crippen molar-refractivity contribution in [2.45, 2.75) is 19.8 Å². The molecule has 1 aromatic carbocycles. The molecule has 1 aliphatic heterocycles. The number of ether oxygens (including phenoxy) is 1. The van der Waals surface area contributed by atoms with Gasteiger partial charge in [-0.15, -0.1) is 0 Å². The number of rotatable bonds is 4. The molecule has 0 saturated carbocycles. The van der Waals surface area contributed by atoms with E-state index in [0.717, 1.165) is 30.2 Å². The Balaban J connectivity index is 1.71. The molecular formula is C19H23N3O2. The van der Waals surface area contributed by atoms with Crippen LogP contribution in [0.2, 0.25) is 0 Å². The van der Waals surface area contributed by atoms with Crippen molar-refractivity contribution in [2.75, 3.05) is 30.4 Å². The summed E-state index contributed by atoms with van der Waals surface area (Å²) in [5, 5.41) is 2.87. The van der Waals surface area contributed by atoms with Gasteiger partial charge in [-0.1, -0.05) is 6.92 Å². The zero-order chi connectivity index (χ0) is 16.9. The quantitative estimate of drug-likeness (QED) is 0.933. The summed E-state index contributed by atoms with van der Waals surface area (Å²) in [5.41, 5.74) is 2.22. The van der Waals surface area contributed by atoms with Gasteiger partial charge in [0.1, 0.15) is 11.4 Å². The Hall–Kier alpha value is -2.56. The smallest absolute Gasteiger partial charge is 0.274 e. The second-order valence-electron chi connectivity index (χ2n) is 6.28. The molecule has 126 valence electrons. The summed E-state index contributed by atoms with van der Waals surface area (Å²) >= 11 is 0. The van der Waals surface area contributed by atoms with Gasteiger partial charge >= 0.3 is 0 Å². The summed E-state index contributed by atoms with van der Waals surface area (Å²) in [7, 11) is 1.62. The number of methoxy groups -OCH3 is 1. The molecule has 1 saturated heterocycles. The average molecular weight is 325 g/mol. The lowest BCUT2D eigenvalue weighted by Gasteiger charge is -2.32. The van der Waals surface area contributed by atoms with Gasteiger partial charge in [0.25, 0.3) is 5.91 Å². The van der Waals surface area contributed by atoms with Crippen LogP contribution in [0.25, 0.3) is 0 Å². The zero-order valence-corrected chi connectivity index (χ0v) is 14.2. The number of carbonyl (C=O) groups excluding carboxylic acids is 1. The van der Waals surface area contributed by atoms with Gasteiger partial charge < -0.3 is 15.0 Å². The summed E-state index contributed by atoms with van der Waals surface area (Å²) in [6.45, 7) is 4.34. The largest absolute Gasteiger partial charge is 0.497 e. The molecule has 2 heterocycles. The van der Waals surface area contributed by atoms with Crippen LogP contribution in [0.1, 0.15) is 30.3 Å². The summed E-state index contributed by atoms with van der Waals surface area (Å²) in [4.78, 5) is 19.0. The highest BCUT2D eigenvalue weighted by Crippen LogP contribution is 2.23. The van der Waals surface area contributed by atoms with Crippen LogP contribution in [0.5, 0.6) is 5.75 Å². The van der Waals surface area contributed by atoms with Crippen LogP contribution < -0.4 is 15.0 Å². The number of amides is 1. The van der Waals surface area contributed by atoms with E-state index in [4.69, 9.17) is 4.74 Å². The van der Waals surface area contributed by atoms with Crippen molar-refractivity contribution in [1.29, 1.82) is 0 Å². The molecule has 0 spiro atoms. The van der Waals surface area contributed by atoms with Crippen LogP contribution in [-0.2, 0) is 0 Å². The predicted octanol–water partition coefficient (Wildman–Crippen LogP) is 3.58. The van der Waals surface area contributed by atoms with E-state index in [1.165, 1.54) is 12.8 Å². The van der Waals surface area contributed by atoms with Gasteiger partial charge in [0, 0.05) is 30.7 Å². The van der Waals surface area contributed by atoms with E-state index in [9.17, 15) is 4.79 Å². The Morgan fingerprint density at radius 1 is 1.29 bits per heavy atom. The van der Waals surface area contributed by atoms with E-state index in [1.54, 1.807) is 13.3 Å². The van der Waals surface area contributed by atoms with Crippen LogP contribution in [-0.4, -0.2) is 31.1 Å². The molecule has 5 nitrogen and oxygen atoms in total. The molecule has 0 bridgehead atoms. The van der Waals surface area contributed by atoms with Gasteiger partial charge in [0.2, 0.25) is 0 Å². The summed E-state index contributed by atoms with van der Waals surface area (Å²) in [6, 6.07) is 11.1. The first-order valence-corrected chi connectivity index (χ1v) is 8.32. The van der Waals surface area contributed by atoms with E-state index in [1.807, 2.05) is 36.4 Å². The minimum atomic E-state index is -0.202. The van der Waals surface area contributed by atoms with Crippen LogP contribution in [0.3, 0.4) is 0 Å². The lowest BCUT2D eigenvalue weighted by Crippen LogP contribution is -2.34. The van der Waals surface area contributed by atoms with Crippen molar-refractivity contribution < 1.29 is 9.53 Å². The standard InChI is InChI=1S/C19H23N3O2/c1-14-4-3-11-22(13-14)16-9-10-20-18(12-16)19(23)21-15-5-7-17(24-2)8-6-15/h5-10,12,14H,3-4,11,13H2,1-2H3,(H,21,23). The van der Waals surface area contributed by atoms with Crippen LogP contribution >= 0.6 is 0 Å². The molecule has 1 amide bonds. The van der Waals surface area contributed by atoms with Gasteiger partial charge in [-0.05, 0) is 55.2 Å². The number of nitrogens with one attached hydrogen (secondary N) is 1. The maximum absolute atomic E-state index is 12.4. The fraction of sp³-hybridized carbons (Fsp3) is 0.368. The topological polar surface area (TPSA) is 54.5 Å². The third kappa shape index (κ3) is 3.85. The number of benzene rings is 1. The number of carbonyl (C=O) groups is 1. The van der Waals surface area contributed by atoms with E-state index in [0.29, 0.717) is 11.6 Å². The first kappa shape index (κ1) is 16.3. The number of pyridine rings is 1. The van der Waals surface area contributed by atoms with Crippen LogP contribution in [0.4, 0.5) is 11.4 Å². The highest BCUT2D eigenvalue weighted by atomic mass is 16.5. The predicted molar refractivity (Wildman–Crippen MR) is 95.8 cm³/mol. The minimum absolute atomic E-state index is 0.202. The fourth-order valence-corrected chi connectivity index (χ4v) is 3.03. The first-order chi connectivity index (χ1) is 11.7. The molecule has 0 radical (unpaired) electrons. The van der Waals surface area contributed by atoms with Gasteiger partial charge in [0.05, 0.1) is 7.11 Å². The molecule has 1 aromatic heterocycles. The third-order valence-electron chi connectivity index (χ3n) is 4.35. The second kappa shape index (κ2) is 7.34. The Morgan fingerprint density at radius 2 is 2.08 bits per heavy atom.